The second-order valence-electron chi connectivity index (χ2n) is 6.99. The number of aryl methyl sites for hydroxylation is 1. The average Bonchev–Trinajstić information content (AvgIpc) is 3.29. The number of fused-ring (bicyclic) bond motifs is 3. The van der Waals surface area contributed by atoms with Crippen molar-refractivity contribution in [3.05, 3.63) is 34.8 Å². The molecule has 9 heteroatoms. The van der Waals surface area contributed by atoms with E-state index in [4.69, 9.17) is 0 Å². The van der Waals surface area contributed by atoms with Gasteiger partial charge in [0.05, 0.1) is 11.3 Å². The predicted molar refractivity (Wildman–Crippen MR) is 105 cm³/mol. The summed E-state index contributed by atoms with van der Waals surface area (Å²) in [4.78, 5) is 41.8. The van der Waals surface area contributed by atoms with Crippen LogP contribution in [0.15, 0.2) is 24.3 Å². The lowest BCUT2D eigenvalue weighted by Crippen LogP contribution is -2.68. The van der Waals surface area contributed by atoms with Gasteiger partial charge in [-0.25, -0.2) is 0 Å². The molecule has 0 saturated carbocycles. The summed E-state index contributed by atoms with van der Waals surface area (Å²) < 4.78 is 0. The van der Waals surface area contributed by atoms with Gasteiger partial charge < -0.3 is 4.90 Å². The van der Waals surface area contributed by atoms with Crippen LogP contribution >= 0.6 is 11.3 Å². The summed E-state index contributed by atoms with van der Waals surface area (Å²) in [5, 5.41) is 12.2. The maximum Gasteiger partial charge on any atom is 0.273 e. The molecule has 8 nitrogen and oxygen atoms in total. The standard InChI is InChI=1S/C19H21N5O3S/c1-3-4-9-14-21-22-18(28-14)20-17(27)19-11-10-15(25)24(19)13-8-6-5-7-12(13)16(26)23(19)2/h5-8H,3-4,9-11H2,1-2H3,(H,20,22,27)/t19-/m0/s1. The molecule has 2 aromatic rings. The van der Waals surface area contributed by atoms with Gasteiger partial charge in [-0.2, -0.15) is 0 Å². The fraction of sp³-hybridized carbons (Fsp3) is 0.421. The van der Waals surface area contributed by atoms with Gasteiger partial charge in [-0.1, -0.05) is 36.8 Å². The Hall–Kier alpha value is -2.81. The number of hydrogen-bond donors (Lipinski definition) is 1. The first-order valence-electron chi connectivity index (χ1n) is 9.33. The van der Waals surface area contributed by atoms with Gasteiger partial charge in [0.25, 0.3) is 11.8 Å². The maximum absolute atomic E-state index is 13.3. The topological polar surface area (TPSA) is 95.5 Å². The first-order valence-corrected chi connectivity index (χ1v) is 10.1. The smallest absolute Gasteiger partial charge is 0.273 e. The maximum atomic E-state index is 13.3. The Morgan fingerprint density at radius 3 is 2.86 bits per heavy atom. The summed E-state index contributed by atoms with van der Waals surface area (Å²) in [6, 6.07) is 6.89. The third kappa shape index (κ3) is 2.69. The Labute approximate surface area is 166 Å². The zero-order chi connectivity index (χ0) is 19.9. The molecule has 1 aromatic heterocycles. The first-order chi connectivity index (χ1) is 13.5. The van der Waals surface area contributed by atoms with Crippen LogP contribution < -0.4 is 10.2 Å². The van der Waals surface area contributed by atoms with E-state index >= 15 is 0 Å². The highest BCUT2D eigenvalue weighted by Crippen LogP contribution is 2.44. The van der Waals surface area contributed by atoms with Crippen LogP contribution in [0.25, 0.3) is 0 Å². The van der Waals surface area contributed by atoms with Crippen molar-refractivity contribution in [2.45, 2.75) is 44.7 Å². The molecule has 0 spiro atoms. The Morgan fingerprint density at radius 1 is 1.29 bits per heavy atom. The molecule has 1 atom stereocenters. The molecule has 4 rings (SSSR count). The highest BCUT2D eigenvalue weighted by Gasteiger charge is 2.59. The molecule has 1 saturated heterocycles. The van der Waals surface area contributed by atoms with Crippen LogP contribution in [0.5, 0.6) is 0 Å². The van der Waals surface area contributed by atoms with Gasteiger partial charge in [0.15, 0.2) is 0 Å². The fourth-order valence-corrected chi connectivity index (χ4v) is 4.63. The van der Waals surface area contributed by atoms with E-state index in [1.165, 1.54) is 21.1 Å². The molecule has 0 radical (unpaired) electrons. The predicted octanol–water partition coefficient (Wildman–Crippen LogP) is 2.43. The molecule has 146 valence electrons. The summed E-state index contributed by atoms with van der Waals surface area (Å²) in [5.74, 6) is -0.901. The summed E-state index contributed by atoms with van der Waals surface area (Å²) in [7, 11) is 1.57. The normalized spacial score (nSPS) is 20.9. The van der Waals surface area contributed by atoms with Crippen molar-refractivity contribution in [2.24, 2.45) is 0 Å². The lowest BCUT2D eigenvalue weighted by atomic mass is 9.96. The van der Waals surface area contributed by atoms with E-state index in [0.29, 0.717) is 16.4 Å². The van der Waals surface area contributed by atoms with E-state index in [2.05, 4.69) is 22.4 Å². The van der Waals surface area contributed by atoms with E-state index < -0.39 is 11.6 Å². The van der Waals surface area contributed by atoms with E-state index in [1.807, 2.05) is 0 Å². The van der Waals surface area contributed by atoms with Crippen molar-refractivity contribution in [3.63, 3.8) is 0 Å². The molecule has 1 N–H and O–H groups in total. The molecular formula is C19H21N5O3S. The number of nitrogens with one attached hydrogen (secondary N) is 1. The minimum absolute atomic E-state index is 0.178. The Balaban J connectivity index is 1.68. The van der Waals surface area contributed by atoms with Gasteiger partial charge in [0, 0.05) is 26.3 Å². The molecule has 1 aromatic carbocycles. The van der Waals surface area contributed by atoms with Crippen LogP contribution in [0.3, 0.4) is 0 Å². The summed E-state index contributed by atoms with van der Waals surface area (Å²) in [6.45, 7) is 2.10. The summed E-state index contributed by atoms with van der Waals surface area (Å²) in [6.07, 6.45) is 3.29. The molecule has 3 heterocycles. The number of carbonyl (C=O) groups is 3. The first kappa shape index (κ1) is 18.5. The van der Waals surface area contributed by atoms with Gasteiger partial charge in [-0.3, -0.25) is 24.6 Å². The van der Waals surface area contributed by atoms with E-state index in [1.54, 1.807) is 31.3 Å². The lowest BCUT2D eigenvalue weighted by Gasteiger charge is -2.47. The number of hydrogen-bond acceptors (Lipinski definition) is 6. The Morgan fingerprint density at radius 2 is 2.07 bits per heavy atom. The van der Waals surface area contributed by atoms with Crippen LogP contribution in [0, 0.1) is 0 Å². The summed E-state index contributed by atoms with van der Waals surface area (Å²) in [5.41, 5.74) is -0.497. The zero-order valence-electron chi connectivity index (χ0n) is 15.8. The molecule has 28 heavy (non-hydrogen) atoms. The van der Waals surface area contributed by atoms with Crippen molar-refractivity contribution >= 4 is 39.9 Å². The molecule has 0 aliphatic carbocycles. The van der Waals surface area contributed by atoms with Crippen LogP contribution in [0.1, 0.15) is 48.0 Å². The third-order valence-corrected chi connectivity index (χ3v) is 6.24. The Kier molecular flexibility index (Phi) is 4.62. The number of nitrogens with zero attached hydrogens (tertiary/aromatic N) is 4. The van der Waals surface area contributed by atoms with Crippen LogP contribution in [0.2, 0.25) is 0 Å². The SMILES string of the molecule is CCCCc1nnc(NC(=O)[C@]23CCC(=O)N2c2ccccc2C(=O)N3C)s1. The molecule has 1 fully saturated rings. The number of amides is 3. The fourth-order valence-electron chi connectivity index (χ4n) is 3.86. The molecular weight excluding hydrogens is 378 g/mol. The van der Waals surface area contributed by atoms with Gasteiger partial charge in [-0.05, 0) is 18.6 Å². The zero-order valence-corrected chi connectivity index (χ0v) is 16.6. The Bertz CT molecular complexity index is 959. The second-order valence-corrected chi connectivity index (χ2v) is 8.05. The summed E-state index contributed by atoms with van der Waals surface area (Å²) >= 11 is 1.32. The number of likely N-dealkylation sites (N-methyl/N-ethyl adjacent to an activating group) is 1. The van der Waals surface area contributed by atoms with Crippen molar-refractivity contribution in [3.8, 4) is 0 Å². The molecule has 0 unspecified atom stereocenters. The monoisotopic (exact) mass is 399 g/mol. The van der Waals surface area contributed by atoms with Crippen LogP contribution in [-0.4, -0.2) is 45.5 Å². The number of para-hydroxylation sites is 1. The van der Waals surface area contributed by atoms with Crippen molar-refractivity contribution in [2.75, 3.05) is 17.3 Å². The van der Waals surface area contributed by atoms with Gasteiger partial charge in [-0.15, -0.1) is 10.2 Å². The van der Waals surface area contributed by atoms with Gasteiger partial charge in [0.2, 0.25) is 16.7 Å². The van der Waals surface area contributed by atoms with E-state index in [9.17, 15) is 14.4 Å². The van der Waals surface area contributed by atoms with Crippen molar-refractivity contribution < 1.29 is 14.4 Å². The number of aromatic nitrogens is 2. The lowest BCUT2D eigenvalue weighted by molar-refractivity contribution is -0.128. The highest BCUT2D eigenvalue weighted by atomic mass is 32.1. The van der Waals surface area contributed by atoms with Crippen LogP contribution in [0.4, 0.5) is 10.8 Å². The van der Waals surface area contributed by atoms with Crippen molar-refractivity contribution in [1.82, 2.24) is 15.1 Å². The minimum Gasteiger partial charge on any atom is -0.310 e. The van der Waals surface area contributed by atoms with E-state index in [-0.39, 0.29) is 24.7 Å². The molecule has 0 bridgehead atoms. The van der Waals surface area contributed by atoms with Gasteiger partial charge >= 0.3 is 0 Å². The third-order valence-electron chi connectivity index (χ3n) is 5.34. The minimum atomic E-state index is -1.39. The number of rotatable bonds is 5. The average molecular weight is 399 g/mol. The molecule has 2 aliphatic rings. The number of unbranched alkanes of at least 4 members (excludes halogenated alkanes) is 1. The second kappa shape index (κ2) is 6.97. The van der Waals surface area contributed by atoms with E-state index in [0.717, 1.165) is 24.3 Å². The van der Waals surface area contributed by atoms with Gasteiger partial charge in [0.1, 0.15) is 5.01 Å². The number of anilines is 2. The quantitative estimate of drug-likeness (QED) is 0.833. The number of carbonyl (C=O) groups excluding carboxylic acids is 3. The highest BCUT2D eigenvalue weighted by molar-refractivity contribution is 7.15. The molecule has 2 aliphatic heterocycles. The number of benzene rings is 1. The largest absolute Gasteiger partial charge is 0.310 e. The molecule has 3 amide bonds. The van der Waals surface area contributed by atoms with Crippen molar-refractivity contribution in [1.29, 1.82) is 0 Å². The van der Waals surface area contributed by atoms with Crippen LogP contribution in [-0.2, 0) is 16.0 Å².